The summed E-state index contributed by atoms with van der Waals surface area (Å²) in [6.07, 6.45) is 1.66. The lowest BCUT2D eigenvalue weighted by Gasteiger charge is -2.11. The van der Waals surface area contributed by atoms with Crippen LogP contribution in [0.2, 0.25) is 5.02 Å². The third-order valence-corrected chi connectivity index (χ3v) is 5.11. The molecule has 0 atom stereocenters. The van der Waals surface area contributed by atoms with Gasteiger partial charge in [-0.3, -0.25) is 5.43 Å². The number of ether oxygens (including phenoxy) is 2. The molecule has 0 aliphatic carbocycles. The first-order valence-corrected chi connectivity index (χ1v) is 9.63. The van der Waals surface area contributed by atoms with Crippen molar-refractivity contribution in [1.29, 1.82) is 0 Å². The number of nitrogens with zero attached hydrogens (tertiary/aromatic N) is 2. The van der Waals surface area contributed by atoms with Gasteiger partial charge in [-0.15, -0.1) is 22.7 Å². The third-order valence-electron chi connectivity index (χ3n) is 3.19. The van der Waals surface area contributed by atoms with Gasteiger partial charge < -0.3 is 9.47 Å². The molecule has 1 aromatic carbocycles. The fourth-order valence-electron chi connectivity index (χ4n) is 2.12. The molecule has 8 heteroatoms. The molecule has 0 saturated carbocycles. The molecule has 1 N–H and O–H groups in total. The summed E-state index contributed by atoms with van der Waals surface area (Å²) < 4.78 is 10.8. The van der Waals surface area contributed by atoms with E-state index in [-0.39, 0.29) is 0 Å². The number of thiazole rings is 1. The lowest BCUT2D eigenvalue weighted by molar-refractivity contribution is 0.311. The van der Waals surface area contributed by atoms with Crippen molar-refractivity contribution in [2.75, 3.05) is 19.1 Å². The first-order chi connectivity index (χ1) is 12.2. The maximum atomic E-state index is 6.25. The van der Waals surface area contributed by atoms with Gasteiger partial charge in [-0.05, 0) is 36.1 Å². The molecule has 0 fully saturated rings. The van der Waals surface area contributed by atoms with Crippen LogP contribution in [-0.2, 0) is 0 Å². The van der Waals surface area contributed by atoms with Crippen molar-refractivity contribution in [2.24, 2.45) is 5.10 Å². The predicted octanol–water partition coefficient (Wildman–Crippen LogP) is 5.38. The minimum Gasteiger partial charge on any atom is -0.493 e. The summed E-state index contributed by atoms with van der Waals surface area (Å²) in [4.78, 5) is 5.64. The molecule has 130 valence electrons. The Morgan fingerprint density at radius 1 is 1.36 bits per heavy atom. The fraction of sp³-hybridized carbons (Fsp3) is 0.176. The number of benzene rings is 1. The molecule has 25 heavy (non-hydrogen) atoms. The van der Waals surface area contributed by atoms with E-state index in [0.29, 0.717) is 23.1 Å². The van der Waals surface area contributed by atoms with Crippen LogP contribution in [0, 0.1) is 0 Å². The van der Waals surface area contributed by atoms with Crippen LogP contribution < -0.4 is 14.9 Å². The van der Waals surface area contributed by atoms with Gasteiger partial charge in [-0.2, -0.15) is 5.10 Å². The van der Waals surface area contributed by atoms with Gasteiger partial charge in [0.25, 0.3) is 0 Å². The number of nitrogens with one attached hydrogen (secondary N) is 1. The standard InChI is InChI=1S/C17H16ClN3O2S2/c1-3-23-16-12(18)7-11(8-14(16)22-2)9-19-21-17-20-13(10-25-17)15-5-4-6-24-15/h4-10H,3H2,1-2H3,(H,20,21)/b19-9-. The molecule has 2 heterocycles. The SMILES string of the molecule is CCOc1c(Cl)cc(/C=N\Nc2nc(-c3cccs3)cs2)cc1OC. The van der Waals surface area contributed by atoms with Gasteiger partial charge in [0.2, 0.25) is 5.13 Å². The van der Waals surface area contributed by atoms with Gasteiger partial charge >= 0.3 is 0 Å². The maximum absolute atomic E-state index is 6.25. The smallest absolute Gasteiger partial charge is 0.203 e. The summed E-state index contributed by atoms with van der Waals surface area (Å²) >= 11 is 9.41. The first-order valence-electron chi connectivity index (χ1n) is 7.50. The Morgan fingerprint density at radius 3 is 2.96 bits per heavy atom. The minimum atomic E-state index is 0.483. The molecule has 3 aromatic rings. The molecule has 2 aromatic heterocycles. The molecule has 0 radical (unpaired) electrons. The molecular formula is C17H16ClN3O2S2. The lowest BCUT2D eigenvalue weighted by atomic mass is 10.2. The average molecular weight is 394 g/mol. The highest BCUT2D eigenvalue weighted by Gasteiger charge is 2.11. The monoisotopic (exact) mass is 393 g/mol. The number of hydrogen-bond donors (Lipinski definition) is 1. The second kappa shape index (κ2) is 8.33. The minimum absolute atomic E-state index is 0.483. The highest BCUT2D eigenvalue weighted by Crippen LogP contribution is 2.36. The topological polar surface area (TPSA) is 55.7 Å². The number of hydrogen-bond acceptors (Lipinski definition) is 7. The number of hydrazone groups is 1. The van der Waals surface area contributed by atoms with Crippen LogP contribution in [0.3, 0.4) is 0 Å². The van der Waals surface area contributed by atoms with E-state index < -0.39 is 0 Å². The van der Waals surface area contributed by atoms with Crippen molar-refractivity contribution in [1.82, 2.24) is 4.98 Å². The zero-order valence-corrected chi connectivity index (χ0v) is 16.0. The highest BCUT2D eigenvalue weighted by molar-refractivity contribution is 7.15. The van der Waals surface area contributed by atoms with E-state index in [0.717, 1.165) is 21.3 Å². The van der Waals surface area contributed by atoms with Gasteiger partial charge in [0.15, 0.2) is 11.5 Å². The zero-order valence-electron chi connectivity index (χ0n) is 13.7. The van der Waals surface area contributed by atoms with Gasteiger partial charge in [-0.25, -0.2) is 4.98 Å². The highest BCUT2D eigenvalue weighted by atomic mass is 35.5. The largest absolute Gasteiger partial charge is 0.493 e. The Kier molecular flexibility index (Phi) is 5.91. The summed E-state index contributed by atoms with van der Waals surface area (Å²) in [7, 11) is 1.58. The van der Waals surface area contributed by atoms with Crippen molar-refractivity contribution in [3.05, 3.63) is 45.6 Å². The molecule has 0 aliphatic heterocycles. The van der Waals surface area contributed by atoms with E-state index in [1.54, 1.807) is 30.7 Å². The van der Waals surface area contributed by atoms with Crippen LogP contribution in [-0.4, -0.2) is 24.9 Å². The lowest BCUT2D eigenvalue weighted by Crippen LogP contribution is -1.98. The maximum Gasteiger partial charge on any atom is 0.203 e. The Labute approximate surface area is 158 Å². The molecule has 0 unspecified atom stereocenters. The van der Waals surface area contributed by atoms with Crippen LogP contribution in [0.4, 0.5) is 5.13 Å². The predicted molar refractivity (Wildman–Crippen MR) is 106 cm³/mol. The third kappa shape index (κ3) is 4.31. The van der Waals surface area contributed by atoms with E-state index in [1.165, 1.54) is 11.3 Å². The molecule has 0 amide bonds. The van der Waals surface area contributed by atoms with Crippen LogP contribution in [0.5, 0.6) is 11.5 Å². The number of anilines is 1. The van der Waals surface area contributed by atoms with Crippen molar-refractivity contribution >= 4 is 45.6 Å². The van der Waals surface area contributed by atoms with E-state index in [9.17, 15) is 0 Å². The van der Waals surface area contributed by atoms with E-state index >= 15 is 0 Å². The van der Waals surface area contributed by atoms with Crippen molar-refractivity contribution in [3.8, 4) is 22.1 Å². The number of aromatic nitrogens is 1. The second-order valence-electron chi connectivity index (χ2n) is 4.85. The van der Waals surface area contributed by atoms with Crippen LogP contribution in [0.25, 0.3) is 10.6 Å². The molecule has 3 rings (SSSR count). The summed E-state index contributed by atoms with van der Waals surface area (Å²) in [5, 5.41) is 9.46. The van der Waals surface area contributed by atoms with Crippen LogP contribution in [0.1, 0.15) is 12.5 Å². The van der Waals surface area contributed by atoms with Crippen molar-refractivity contribution in [2.45, 2.75) is 6.92 Å². The summed E-state index contributed by atoms with van der Waals surface area (Å²) in [5.74, 6) is 1.11. The zero-order chi connectivity index (χ0) is 17.6. The van der Waals surface area contributed by atoms with Crippen molar-refractivity contribution < 1.29 is 9.47 Å². The van der Waals surface area contributed by atoms with E-state index in [4.69, 9.17) is 21.1 Å². The van der Waals surface area contributed by atoms with Crippen molar-refractivity contribution in [3.63, 3.8) is 0 Å². The quantitative estimate of drug-likeness (QED) is 0.432. The second-order valence-corrected chi connectivity index (χ2v) is 7.07. The Balaban J connectivity index is 1.71. The van der Waals surface area contributed by atoms with Gasteiger partial charge in [0.1, 0.15) is 0 Å². The Morgan fingerprint density at radius 2 is 2.24 bits per heavy atom. The molecular weight excluding hydrogens is 378 g/mol. The number of thiophene rings is 1. The Hall–Kier alpha value is -2.09. The van der Waals surface area contributed by atoms with E-state index in [1.807, 2.05) is 35.9 Å². The van der Waals surface area contributed by atoms with Crippen LogP contribution >= 0.6 is 34.3 Å². The fourth-order valence-corrected chi connectivity index (χ4v) is 3.82. The van der Waals surface area contributed by atoms with Crippen LogP contribution in [0.15, 0.2) is 40.1 Å². The van der Waals surface area contributed by atoms with Gasteiger partial charge in [0.05, 0.1) is 35.5 Å². The molecule has 0 saturated heterocycles. The molecule has 0 bridgehead atoms. The molecule has 0 spiro atoms. The molecule has 0 aliphatic rings. The summed E-state index contributed by atoms with van der Waals surface area (Å²) in [5.41, 5.74) is 4.69. The molecule has 5 nitrogen and oxygen atoms in total. The summed E-state index contributed by atoms with van der Waals surface area (Å²) in [6.45, 7) is 2.41. The Bertz CT molecular complexity index is 863. The number of rotatable bonds is 7. The number of halogens is 1. The normalized spacial score (nSPS) is 11.0. The average Bonchev–Trinajstić information content (AvgIpc) is 3.28. The number of methoxy groups -OCH3 is 1. The van der Waals surface area contributed by atoms with E-state index in [2.05, 4.69) is 15.5 Å². The van der Waals surface area contributed by atoms with Gasteiger partial charge in [0, 0.05) is 5.38 Å². The summed E-state index contributed by atoms with van der Waals surface area (Å²) in [6, 6.07) is 7.65. The van der Waals surface area contributed by atoms with Gasteiger partial charge in [-0.1, -0.05) is 17.7 Å². The first kappa shape index (κ1) is 17.7.